The molecule has 1 aromatic rings. The van der Waals surface area contributed by atoms with Crippen molar-refractivity contribution in [2.75, 3.05) is 22.8 Å². The molecule has 0 aromatic heterocycles. The van der Waals surface area contributed by atoms with Crippen LogP contribution in [-0.2, 0) is 10.0 Å². The molecule has 124 valence electrons. The molecule has 0 aliphatic rings. The summed E-state index contributed by atoms with van der Waals surface area (Å²) in [5.74, 6) is 0. The third kappa shape index (κ3) is 6.34. The first-order valence-electron chi connectivity index (χ1n) is 7.16. The summed E-state index contributed by atoms with van der Waals surface area (Å²) in [6.07, 6.45) is 2.05. The van der Waals surface area contributed by atoms with Gasteiger partial charge < -0.3 is 10.6 Å². The summed E-state index contributed by atoms with van der Waals surface area (Å²) in [4.78, 5) is 11.9. The summed E-state index contributed by atoms with van der Waals surface area (Å²) in [5.41, 5.74) is 1.80. The number of rotatable bonds is 6. The maximum Gasteiger partial charge on any atom is 0.319 e. The van der Waals surface area contributed by atoms with Gasteiger partial charge in [0.15, 0.2) is 0 Å². The summed E-state index contributed by atoms with van der Waals surface area (Å²) >= 11 is 0. The van der Waals surface area contributed by atoms with Gasteiger partial charge >= 0.3 is 6.03 Å². The van der Waals surface area contributed by atoms with Crippen LogP contribution >= 0.6 is 0 Å². The van der Waals surface area contributed by atoms with Crippen LogP contribution in [0.4, 0.5) is 16.2 Å². The van der Waals surface area contributed by atoms with E-state index in [-0.39, 0.29) is 11.4 Å². The van der Waals surface area contributed by atoms with Gasteiger partial charge in [-0.05, 0) is 36.5 Å². The summed E-state index contributed by atoms with van der Waals surface area (Å²) in [5, 5.41) is 5.52. The van der Waals surface area contributed by atoms with Gasteiger partial charge in [-0.1, -0.05) is 26.8 Å². The molecule has 0 atom stereocenters. The number of amides is 2. The molecule has 0 unspecified atom stereocenters. The lowest BCUT2D eigenvalue weighted by Gasteiger charge is -2.23. The standard InChI is InChI=1S/C15H25N3O3S/c1-6-15(3,4)10-16-14(19)17-12-8-7-11(2)13(9-12)18-22(5,20)21/h7-9,18H,6,10H2,1-5H3,(H2,16,17,19). The number of aryl methyl sites for hydroxylation is 1. The quantitative estimate of drug-likeness (QED) is 0.750. The fourth-order valence-electron chi connectivity index (χ4n) is 1.63. The second kappa shape index (κ2) is 7.00. The van der Waals surface area contributed by atoms with Crippen LogP contribution in [0.1, 0.15) is 32.8 Å². The van der Waals surface area contributed by atoms with Crippen LogP contribution < -0.4 is 15.4 Å². The van der Waals surface area contributed by atoms with Gasteiger partial charge in [0, 0.05) is 12.2 Å². The Morgan fingerprint density at radius 3 is 2.45 bits per heavy atom. The first-order chi connectivity index (χ1) is 10.0. The van der Waals surface area contributed by atoms with E-state index in [9.17, 15) is 13.2 Å². The molecule has 0 bridgehead atoms. The number of benzene rings is 1. The van der Waals surface area contributed by atoms with Crippen LogP contribution in [0.2, 0.25) is 0 Å². The molecule has 7 heteroatoms. The van der Waals surface area contributed by atoms with Crippen molar-refractivity contribution in [1.29, 1.82) is 0 Å². The van der Waals surface area contributed by atoms with Crippen LogP contribution in [0.25, 0.3) is 0 Å². The highest BCUT2D eigenvalue weighted by atomic mass is 32.2. The minimum atomic E-state index is -3.36. The predicted octanol–water partition coefficient (Wildman–Crippen LogP) is 2.92. The van der Waals surface area contributed by atoms with Gasteiger partial charge in [0.05, 0.1) is 11.9 Å². The van der Waals surface area contributed by atoms with Gasteiger partial charge in [-0.25, -0.2) is 13.2 Å². The number of carbonyl (C=O) groups excluding carboxylic acids is 1. The second-order valence-corrected chi connectivity index (χ2v) is 7.98. The third-order valence-corrected chi connectivity index (χ3v) is 4.07. The Morgan fingerprint density at radius 2 is 1.91 bits per heavy atom. The predicted molar refractivity (Wildman–Crippen MR) is 90.7 cm³/mol. The summed E-state index contributed by atoms with van der Waals surface area (Å²) in [6.45, 7) is 8.58. The van der Waals surface area contributed by atoms with Crippen LogP contribution in [0, 0.1) is 12.3 Å². The van der Waals surface area contributed by atoms with Gasteiger partial charge in [-0.3, -0.25) is 4.72 Å². The van der Waals surface area contributed by atoms with E-state index < -0.39 is 10.0 Å². The number of carbonyl (C=O) groups is 1. The van der Waals surface area contributed by atoms with E-state index in [4.69, 9.17) is 0 Å². The monoisotopic (exact) mass is 327 g/mol. The molecule has 0 saturated heterocycles. The second-order valence-electron chi connectivity index (χ2n) is 6.23. The summed E-state index contributed by atoms with van der Waals surface area (Å²) in [7, 11) is -3.36. The Kier molecular flexibility index (Phi) is 5.82. The Labute approximate surface area is 132 Å². The van der Waals surface area contributed by atoms with E-state index in [0.717, 1.165) is 18.2 Å². The molecule has 2 amide bonds. The molecule has 1 rings (SSSR count). The van der Waals surface area contributed by atoms with E-state index in [1.54, 1.807) is 25.1 Å². The van der Waals surface area contributed by atoms with Crippen LogP contribution in [0.5, 0.6) is 0 Å². The Hall–Kier alpha value is -1.76. The Bertz CT molecular complexity index is 639. The summed E-state index contributed by atoms with van der Waals surface area (Å²) in [6, 6.07) is 4.77. The van der Waals surface area contributed by atoms with Crippen molar-refractivity contribution in [3.63, 3.8) is 0 Å². The number of hydrogen-bond donors (Lipinski definition) is 3. The zero-order chi connectivity index (χ0) is 17.0. The minimum Gasteiger partial charge on any atom is -0.337 e. The highest BCUT2D eigenvalue weighted by Gasteiger charge is 2.16. The van der Waals surface area contributed by atoms with Crippen LogP contribution in [-0.4, -0.2) is 27.2 Å². The number of anilines is 2. The molecule has 0 spiro atoms. The minimum absolute atomic E-state index is 0.0353. The lowest BCUT2D eigenvalue weighted by Crippen LogP contribution is -2.36. The largest absolute Gasteiger partial charge is 0.337 e. The molecular weight excluding hydrogens is 302 g/mol. The van der Waals surface area contributed by atoms with Gasteiger partial charge in [0.25, 0.3) is 0 Å². The van der Waals surface area contributed by atoms with Crippen molar-refractivity contribution in [2.45, 2.75) is 34.1 Å². The number of hydrogen-bond acceptors (Lipinski definition) is 3. The summed E-state index contributed by atoms with van der Waals surface area (Å²) < 4.78 is 25.1. The zero-order valence-corrected chi connectivity index (χ0v) is 14.6. The normalized spacial score (nSPS) is 11.9. The lowest BCUT2D eigenvalue weighted by atomic mass is 9.90. The highest BCUT2D eigenvalue weighted by molar-refractivity contribution is 7.92. The first kappa shape index (κ1) is 18.3. The molecule has 1 aromatic carbocycles. The smallest absolute Gasteiger partial charge is 0.319 e. The topological polar surface area (TPSA) is 87.3 Å². The Morgan fingerprint density at radius 1 is 1.27 bits per heavy atom. The molecule has 0 heterocycles. The number of urea groups is 1. The SMILES string of the molecule is CCC(C)(C)CNC(=O)Nc1ccc(C)c(NS(C)(=O)=O)c1. The average Bonchev–Trinajstić information content (AvgIpc) is 2.39. The molecule has 0 fully saturated rings. The lowest BCUT2D eigenvalue weighted by molar-refractivity contribution is 0.244. The van der Waals surface area contributed by atoms with Crippen molar-refractivity contribution in [3.05, 3.63) is 23.8 Å². The zero-order valence-electron chi connectivity index (χ0n) is 13.8. The Balaban J connectivity index is 2.74. The molecule has 0 radical (unpaired) electrons. The van der Waals surface area contributed by atoms with Gasteiger partial charge in [-0.2, -0.15) is 0 Å². The molecular formula is C15H25N3O3S. The van der Waals surface area contributed by atoms with Crippen molar-refractivity contribution >= 4 is 27.4 Å². The average molecular weight is 327 g/mol. The van der Waals surface area contributed by atoms with Gasteiger partial charge in [-0.15, -0.1) is 0 Å². The number of nitrogens with one attached hydrogen (secondary N) is 3. The maximum absolute atomic E-state index is 11.9. The third-order valence-electron chi connectivity index (χ3n) is 3.48. The van der Waals surface area contributed by atoms with Gasteiger partial charge in [0.2, 0.25) is 10.0 Å². The van der Waals surface area contributed by atoms with Gasteiger partial charge in [0.1, 0.15) is 0 Å². The molecule has 0 aliphatic heterocycles. The van der Waals surface area contributed by atoms with Crippen molar-refractivity contribution in [3.8, 4) is 0 Å². The number of sulfonamides is 1. The molecule has 6 nitrogen and oxygen atoms in total. The van der Waals surface area contributed by atoms with Crippen molar-refractivity contribution in [1.82, 2.24) is 5.32 Å². The van der Waals surface area contributed by atoms with Crippen LogP contribution in [0.3, 0.4) is 0 Å². The van der Waals surface area contributed by atoms with Crippen molar-refractivity contribution in [2.24, 2.45) is 5.41 Å². The van der Waals surface area contributed by atoms with Crippen LogP contribution in [0.15, 0.2) is 18.2 Å². The fourth-order valence-corrected chi connectivity index (χ4v) is 2.25. The highest BCUT2D eigenvalue weighted by Crippen LogP contribution is 2.21. The van der Waals surface area contributed by atoms with E-state index in [2.05, 4.69) is 36.1 Å². The maximum atomic E-state index is 11.9. The molecule has 22 heavy (non-hydrogen) atoms. The van der Waals surface area contributed by atoms with E-state index in [0.29, 0.717) is 17.9 Å². The molecule has 0 aliphatic carbocycles. The van der Waals surface area contributed by atoms with E-state index in [1.807, 2.05) is 0 Å². The van der Waals surface area contributed by atoms with Crippen molar-refractivity contribution < 1.29 is 13.2 Å². The fraction of sp³-hybridized carbons (Fsp3) is 0.533. The van der Waals surface area contributed by atoms with E-state index in [1.165, 1.54) is 0 Å². The van der Waals surface area contributed by atoms with E-state index >= 15 is 0 Å². The molecule has 3 N–H and O–H groups in total. The first-order valence-corrected chi connectivity index (χ1v) is 9.05. The molecule has 0 saturated carbocycles.